The fraction of sp³-hybridized carbons (Fsp3) is 0.333. The van der Waals surface area contributed by atoms with Crippen molar-refractivity contribution in [3.05, 3.63) is 11.0 Å². The molecule has 0 radical (unpaired) electrons. The summed E-state index contributed by atoms with van der Waals surface area (Å²) in [6.45, 7) is 0. The predicted molar refractivity (Wildman–Crippen MR) is 38.9 cm³/mol. The summed E-state index contributed by atoms with van der Waals surface area (Å²) in [5, 5.41) is 0. The second-order valence-corrected chi connectivity index (χ2v) is 3.76. The monoisotopic (exact) mass is 190 g/mol. The number of hydrogen-bond acceptors (Lipinski definition) is 4. The minimum absolute atomic E-state index is 0.0118. The van der Waals surface area contributed by atoms with Crippen molar-refractivity contribution < 1.29 is 22.6 Å². The molecular formula is C6H6O5S. The van der Waals surface area contributed by atoms with Gasteiger partial charge < -0.3 is 0 Å². The number of rotatable bonds is 1. The highest BCUT2D eigenvalue weighted by molar-refractivity contribution is 7.90. The van der Waals surface area contributed by atoms with Crippen LogP contribution < -0.4 is 0 Å². The molecular weight excluding hydrogens is 184 g/mol. The van der Waals surface area contributed by atoms with Gasteiger partial charge in [-0.3, -0.25) is 14.1 Å². The maximum Gasteiger partial charge on any atom is 0.298 e. The van der Waals surface area contributed by atoms with Crippen LogP contribution in [0.1, 0.15) is 12.8 Å². The molecule has 1 N–H and O–H groups in total. The van der Waals surface area contributed by atoms with Gasteiger partial charge in [-0.1, -0.05) is 0 Å². The lowest BCUT2D eigenvalue weighted by molar-refractivity contribution is -0.121. The highest BCUT2D eigenvalue weighted by Gasteiger charge is 2.27. The highest BCUT2D eigenvalue weighted by Crippen LogP contribution is 2.15. The zero-order valence-electron chi connectivity index (χ0n) is 5.98. The standard InChI is InChI=1S/C6H6O5S/c7-4-1-2-5(8)6(3-4)12(9,10)11/h3H,1-2H2,(H,9,10,11). The largest absolute Gasteiger partial charge is 0.298 e. The lowest BCUT2D eigenvalue weighted by atomic mass is 10.1. The van der Waals surface area contributed by atoms with Crippen molar-refractivity contribution in [2.75, 3.05) is 0 Å². The molecule has 0 heterocycles. The van der Waals surface area contributed by atoms with Crippen molar-refractivity contribution in [1.29, 1.82) is 0 Å². The molecule has 1 aliphatic carbocycles. The summed E-state index contributed by atoms with van der Waals surface area (Å²) in [6, 6.07) is 0. The molecule has 0 bridgehead atoms. The van der Waals surface area contributed by atoms with Crippen LogP contribution in [-0.2, 0) is 19.7 Å². The van der Waals surface area contributed by atoms with Gasteiger partial charge in [-0.2, -0.15) is 8.42 Å². The molecule has 0 aromatic carbocycles. The van der Waals surface area contributed by atoms with Crippen LogP contribution in [0.25, 0.3) is 0 Å². The molecule has 6 heteroatoms. The van der Waals surface area contributed by atoms with Gasteiger partial charge >= 0.3 is 0 Å². The number of Topliss-reactive ketones (excluding diaryl/α,β-unsaturated/α-hetero) is 1. The zero-order valence-corrected chi connectivity index (χ0v) is 6.80. The maximum atomic E-state index is 10.8. The van der Waals surface area contributed by atoms with Gasteiger partial charge in [0.1, 0.15) is 4.91 Å². The Balaban J connectivity index is 3.18. The molecule has 66 valence electrons. The average Bonchev–Trinajstić information content (AvgIpc) is 1.92. The fourth-order valence-corrected chi connectivity index (χ4v) is 1.55. The minimum atomic E-state index is -4.52. The number of allylic oxidation sites excluding steroid dienone is 2. The van der Waals surface area contributed by atoms with E-state index in [-0.39, 0.29) is 12.8 Å². The first-order valence-electron chi connectivity index (χ1n) is 3.16. The number of carbonyl (C=O) groups excluding carboxylic acids is 2. The Morgan fingerprint density at radius 1 is 1.25 bits per heavy atom. The number of hydrogen-bond donors (Lipinski definition) is 1. The molecule has 0 aromatic heterocycles. The van der Waals surface area contributed by atoms with Gasteiger partial charge in [0.05, 0.1) is 0 Å². The molecule has 0 atom stereocenters. The third kappa shape index (κ3) is 1.77. The lowest BCUT2D eigenvalue weighted by Crippen LogP contribution is -2.19. The quantitative estimate of drug-likeness (QED) is 0.573. The van der Waals surface area contributed by atoms with Crippen molar-refractivity contribution in [2.45, 2.75) is 12.8 Å². The Kier molecular flexibility index (Phi) is 2.12. The summed E-state index contributed by atoms with van der Waals surface area (Å²) in [4.78, 5) is 20.7. The molecule has 0 saturated carbocycles. The number of carbonyl (C=O) groups is 2. The lowest BCUT2D eigenvalue weighted by Gasteiger charge is -2.06. The smallest absolute Gasteiger partial charge is 0.295 e. The topological polar surface area (TPSA) is 88.5 Å². The first kappa shape index (κ1) is 9.08. The molecule has 0 spiro atoms. The van der Waals surface area contributed by atoms with Gasteiger partial charge in [0.15, 0.2) is 11.6 Å². The second-order valence-electron chi connectivity index (χ2n) is 2.37. The summed E-state index contributed by atoms with van der Waals surface area (Å²) in [6.07, 6.45) is 0.531. The SMILES string of the molecule is O=C1C=C(S(=O)(=O)O)C(=O)CC1. The van der Waals surface area contributed by atoms with Gasteiger partial charge in [0, 0.05) is 18.9 Å². The summed E-state index contributed by atoms with van der Waals surface area (Å²) < 4.78 is 29.4. The molecule has 1 aliphatic rings. The van der Waals surface area contributed by atoms with Crippen LogP contribution in [0.2, 0.25) is 0 Å². The van der Waals surface area contributed by atoms with Gasteiger partial charge in [0.2, 0.25) is 0 Å². The minimum Gasteiger partial charge on any atom is -0.295 e. The second kappa shape index (κ2) is 2.80. The first-order chi connectivity index (χ1) is 5.41. The van der Waals surface area contributed by atoms with E-state index in [2.05, 4.69) is 0 Å². The summed E-state index contributed by atoms with van der Waals surface area (Å²) in [5.74, 6) is -1.17. The number of ketones is 2. The molecule has 5 nitrogen and oxygen atoms in total. The predicted octanol–water partition coefficient (Wildman–Crippen LogP) is -0.310. The summed E-state index contributed by atoms with van der Waals surface area (Å²) in [5.41, 5.74) is 0. The van der Waals surface area contributed by atoms with Crippen molar-refractivity contribution in [3.63, 3.8) is 0 Å². The van der Waals surface area contributed by atoms with Crippen LogP contribution in [0, 0.1) is 0 Å². The van der Waals surface area contributed by atoms with E-state index in [9.17, 15) is 18.0 Å². The molecule has 1 rings (SSSR count). The first-order valence-corrected chi connectivity index (χ1v) is 4.60. The average molecular weight is 190 g/mol. The molecule has 0 amide bonds. The summed E-state index contributed by atoms with van der Waals surface area (Å²) >= 11 is 0. The normalized spacial score (nSPS) is 19.2. The van der Waals surface area contributed by atoms with Crippen LogP contribution in [-0.4, -0.2) is 24.5 Å². The molecule has 0 fully saturated rings. The van der Waals surface area contributed by atoms with Gasteiger partial charge in [-0.05, 0) is 0 Å². The van der Waals surface area contributed by atoms with Gasteiger partial charge in [0.25, 0.3) is 10.1 Å². The summed E-state index contributed by atoms with van der Waals surface area (Å²) in [7, 11) is -4.52. The van der Waals surface area contributed by atoms with Crippen molar-refractivity contribution in [2.24, 2.45) is 0 Å². The van der Waals surface area contributed by atoms with E-state index in [0.717, 1.165) is 0 Å². The van der Waals surface area contributed by atoms with Crippen LogP contribution >= 0.6 is 0 Å². The third-order valence-electron chi connectivity index (χ3n) is 1.44. The van der Waals surface area contributed by atoms with E-state index in [0.29, 0.717) is 6.08 Å². The molecule has 0 aromatic rings. The Bertz CT molecular complexity index is 361. The Morgan fingerprint density at radius 3 is 2.25 bits per heavy atom. The van der Waals surface area contributed by atoms with Crippen LogP contribution in [0.5, 0.6) is 0 Å². The van der Waals surface area contributed by atoms with Crippen LogP contribution in [0.3, 0.4) is 0 Å². The van der Waals surface area contributed by atoms with E-state index >= 15 is 0 Å². The van der Waals surface area contributed by atoms with E-state index in [1.165, 1.54) is 0 Å². The molecule has 0 unspecified atom stereocenters. The van der Waals surface area contributed by atoms with Crippen LogP contribution in [0.15, 0.2) is 11.0 Å². The van der Waals surface area contributed by atoms with Gasteiger partial charge in [-0.25, -0.2) is 0 Å². The maximum absolute atomic E-state index is 10.8. The Morgan fingerprint density at radius 2 is 1.83 bits per heavy atom. The molecule has 12 heavy (non-hydrogen) atoms. The van der Waals surface area contributed by atoms with Crippen molar-refractivity contribution >= 4 is 21.7 Å². The molecule has 0 aliphatic heterocycles. The van der Waals surface area contributed by atoms with Crippen molar-refractivity contribution in [3.8, 4) is 0 Å². The van der Waals surface area contributed by atoms with E-state index in [4.69, 9.17) is 4.55 Å². The van der Waals surface area contributed by atoms with E-state index in [1.54, 1.807) is 0 Å². The van der Waals surface area contributed by atoms with Crippen molar-refractivity contribution in [1.82, 2.24) is 0 Å². The Labute approximate surface area is 68.8 Å². The van der Waals surface area contributed by atoms with Crippen LogP contribution in [0.4, 0.5) is 0 Å². The van der Waals surface area contributed by atoms with Gasteiger partial charge in [-0.15, -0.1) is 0 Å². The van der Waals surface area contributed by atoms with E-state index < -0.39 is 26.6 Å². The fourth-order valence-electron chi connectivity index (χ4n) is 0.877. The van der Waals surface area contributed by atoms with E-state index in [1.807, 2.05) is 0 Å². The third-order valence-corrected chi connectivity index (χ3v) is 2.34. The highest BCUT2D eigenvalue weighted by atomic mass is 32.2. The molecule has 0 saturated heterocycles. The zero-order chi connectivity index (χ0) is 9.35. The Hall–Kier alpha value is -1.01.